The Hall–Kier alpha value is -3.47. The Balaban J connectivity index is 1.99. The van der Waals surface area contributed by atoms with Crippen molar-refractivity contribution in [3.63, 3.8) is 0 Å². The van der Waals surface area contributed by atoms with Crippen LogP contribution in [0.25, 0.3) is 11.4 Å². The van der Waals surface area contributed by atoms with E-state index >= 15 is 0 Å². The molecule has 0 aliphatic rings. The number of phenols is 1. The van der Waals surface area contributed by atoms with E-state index in [0.29, 0.717) is 5.56 Å². The second-order valence-electron chi connectivity index (χ2n) is 7.04. The molecule has 2 aromatic heterocycles. The summed E-state index contributed by atoms with van der Waals surface area (Å²) >= 11 is 0. The molecule has 0 saturated carbocycles. The van der Waals surface area contributed by atoms with Crippen LogP contribution in [0.3, 0.4) is 0 Å². The second kappa shape index (κ2) is 8.11. The number of aromatic nitrogens is 4. The number of alkyl halides is 3. The third-order valence-electron chi connectivity index (χ3n) is 3.77. The maximum Gasteiger partial charge on any atom is 0.433 e. The van der Waals surface area contributed by atoms with Crippen molar-refractivity contribution in [3.8, 4) is 17.1 Å². The van der Waals surface area contributed by atoms with Crippen molar-refractivity contribution in [2.45, 2.75) is 25.6 Å². The molecule has 0 bridgehead atoms. The molecule has 0 saturated heterocycles. The number of phenolic OH excluding ortho intramolecular Hbond substituents is 1. The number of hydrogen-bond donors (Lipinski definition) is 4. The summed E-state index contributed by atoms with van der Waals surface area (Å²) in [6.45, 7) is 3.27. The van der Waals surface area contributed by atoms with Crippen molar-refractivity contribution < 1.29 is 23.4 Å². The minimum Gasteiger partial charge on any atom is -0.507 e. The summed E-state index contributed by atoms with van der Waals surface area (Å²) in [5.41, 5.74) is -1.76. The summed E-state index contributed by atoms with van der Waals surface area (Å²) in [6.07, 6.45) is -3.58. The van der Waals surface area contributed by atoms with Crippen LogP contribution in [0.15, 0.2) is 42.6 Å². The highest BCUT2D eigenvalue weighted by Crippen LogP contribution is 2.30. The standard InChI is InChI=1S/C19H19F3N6O2/c1-18(2,30)10-24-16-26-15(12-5-3-4-6-13(12)29)27-17(28-16)25-11-7-8-23-14(9-11)19(20,21)22/h3-9,29-30H,10H2,1-2H3,(H2,23,24,25,26,27,28). The molecule has 1 aromatic carbocycles. The number of anilines is 3. The van der Waals surface area contributed by atoms with Crippen LogP contribution in [0.4, 0.5) is 30.8 Å². The fourth-order valence-electron chi connectivity index (χ4n) is 2.38. The molecular weight excluding hydrogens is 401 g/mol. The van der Waals surface area contributed by atoms with Crippen LogP contribution >= 0.6 is 0 Å². The number of halogens is 3. The van der Waals surface area contributed by atoms with E-state index in [1.165, 1.54) is 12.1 Å². The van der Waals surface area contributed by atoms with Crippen LogP contribution in [-0.4, -0.2) is 42.3 Å². The molecule has 11 heteroatoms. The van der Waals surface area contributed by atoms with Gasteiger partial charge in [0.25, 0.3) is 0 Å². The van der Waals surface area contributed by atoms with E-state index in [0.717, 1.165) is 12.3 Å². The zero-order valence-electron chi connectivity index (χ0n) is 16.1. The van der Waals surface area contributed by atoms with Gasteiger partial charge in [-0.05, 0) is 38.1 Å². The second-order valence-corrected chi connectivity index (χ2v) is 7.04. The maximum atomic E-state index is 12.9. The van der Waals surface area contributed by atoms with E-state index in [4.69, 9.17) is 0 Å². The minimum atomic E-state index is -4.60. The van der Waals surface area contributed by atoms with E-state index in [2.05, 4.69) is 30.6 Å². The van der Waals surface area contributed by atoms with Gasteiger partial charge in [-0.25, -0.2) is 0 Å². The van der Waals surface area contributed by atoms with Crippen LogP contribution < -0.4 is 10.6 Å². The fourth-order valence-corrected chi connectivity index (χ4v) is 2.38. The molecule has 0 amide bonds. The maximum absolute atomic E-state index is 12.9. The number of pyridine rings is 1. The first kappa shape index (κ1) is 21.2. The summed E-state index contributed by atoms with van der Waals surface area (Å²) in [5, 5.41) is 25.6. The lowest BCUT2D eigenvalue weighted by molar-refractivity contribution is -0.141. The lowest BCUT2D eigenvalue weighted by Gasteiger charge is -2.18. The molecule has 0 aliphatic heterocycles. The van der Waals surface area contributed by atoms with E-state index in [-0.39, 0.29) is 35.7 Å². The monoisotopic (exact) mass is 420 g/mol. The Morgan fingerprint density at radius 1 is 1.00 bits per heavy atom. The minimum absolute atomic E-state index is 0.0548. The van der Waals surface area contributed by atoms with Gasteiger partial charge < -0.3 is 20.8 Å². The Bertz CT molecular complexity index is 1040. The van der Waals surface area contributed by atoms with Gasteiger partial charge in [-0.15, -0.1) is 0 Å². The summed E-state index contributed by atoms with van der Waals surface area (Å²) in [7, 11) is 0. The highest BCUT2D eigenvalue weighted by Gasteiger charge is 2.32. The van der Waals surface area contributed by atoms with Gasteiger partial charge in [0.15, 0.2) is 5.82 Å². The fraction of sp³-hybridized carbons (Fsp3) is 0.263. The van der Waals surface area contributed by atoms with Gasteiger partial charge in [0, 0.05) is 18.4 Å². The van der Waals surface area contributed by atoms with Crippen molar-refractivity contribution >= 4 is 17.6 Å². The highest BCUT2D eigenvalue weighted by atomic mass is 19.4. The normalized spacial score (nSPS) is 11.9. The van der Waals surface area contributed by atoms with Gasteiger partial charge in [0.1, 0.15) is 11.4 Å². The first-order chi connectivity index (χ1) is 14.0. The number of para-hydroxylation sites is 1. The van der Waals surface area contributed by atoms with Crippen molar-refractivity contribution in [2.75, 3.05) is 17.2 Å². The van der Waals surface area contributed by atoms with Crippen LogP contribution in [0.5, 0.6) is 5.75 Å². The molecule has 0 aliphatic carbocycles. The zero-order valence-corrected chi connectivity index (χ0v) is 16.1. The third kappa shape index (κ3) is 5.54. The van der Waals surface area contributed by atoms with Crippen LogP contribution in [0.1, 0.15) is 19.5 Å². The number of nitrogens with one attached hydrogen (secondary N) is 2. The first-order valence-electron chi connectivity index (χ1n) is 8.82. The predicted octanol–water partition coefficient (Wildman–Crippen LogP) is 3.58. The molecule has 0 atom stereocenters. The van der Waals surface area contributed by atoms with E-state index in [1.807, 2.05) is 0 Å². The molecule has 0 radical (unpaired) electrons. The largest absolute Gasteiger partial charge is 0.507 e. The molecule has 0 fully saturated rings. The number of hydrogen-bond acceptors (Lipinski definition) is 8. The van der Waals surface area contributed by atoms with Crippen LogP contribution in [-0.2, 0) is 6.18 Å². The Kier molecular flexibility index (Phi) is 5.74. The van der Waals surface area contributed by atoms with Crippen LogP contribution in [0, 0.1) is 0 Å². The van der Waals surface area contributed by atoms with E-state index in [9.17, 15) is 23.4 Å². The molecule has 3 rings (SSSR count). The number of rotatable bonds is 6. The molecular formula is C19H19F3N6O2. The molecule has 4 N–H and O–H groups in total. The summed E-state index contributed by atoms with van der Waals surface area (Å²) < 4.78 is 38.8. The van der Waals surface area contributed by atoms with Gasteiger partial charge >= 0.3 is 6.18 Å². The summed E-state index contributed by atoms with van der Waals surface area (Å²) in [5.74, 6) is 0.0270. The molecule has 30 heavy (non-hydrogen) atoms. The van der Waals surface area contributed by atoms with E-state index in [1.54, 1.807) is 32.0 Å². The molecule has 8 nitrogen and oxygen atoms in total. The summed E-state index contributed by atoms with van der Waals surface area (Å²) in [4.78, 5) is 15.9. The number of aliphatic hydroxyl groups is 1. The van der Waals surface area contributed by atoms with Crippen molar-refractivity contribution in [2.24, 2.45) is 0 Å². The first-order valence-corrected chi connectivity index (χ1v) is 8.82. The van der Waals surface area contributed by atoms with Crippen molar-refractivity contribution in [1.82, 2.24) is 19.9 Å². The summed E-state index contributed by atoms with van der Waals surface area (Å²) in [6, 6.07) is 8.50. The smallest absolute Gasteiger partial charge is 0.433 e. The molecule has 0 spiro atoms. The number of aromatic hydroxyl groups is 1. The Labute approximate surface area is 169 Å². The van der Waals surface area contributed by atoms with Crippen LogP contribution in [0.2, 0.25) is 0 Å². The zero-order chi connectivity index (χ0) is 21.9. The number of benzene rings is 1. The van der Waals surface area contributed by atoms with Gasteiger partial charge in [0.05, 0.1) is 11.2 Å². The Morgan fingerprint density at radius 2 is 1.70 bits per heavy atom. The highest BCUT2D eigenvalue weighted by molar-refractivity contribution is 5.66. The van der Waals surface area contributed by atoms with Crippen molar-refractivity contribution in [1.29, 1.82) is 0 Å². The Morgan fingerprint density at radius 3 is 2.37 bits per heavy atom. The molecule has 3 aromatic rings. The average molecular weight is 420 g/mol. The quantitative estimate of drug-likeness (QED) is 0.478. The number of nitrogens with zero attached hydrogens (tertiary/aromatic N) is 4. The van der Waals surface area contributed by atoms with Gasteiger partial charge in [-0.2, -0.15) is 28.1 Å². The lowest BCUT2D eigenvalue weighted by atomic mass is 10.1. The van der Waals surface area contributed by atoms with Gasteiger partial charge in [-0.1, -0.05) is 12.1 Å². The van der Waals surface area contributed by atoms with Gasteiger partial charge in [0.2, 0.25) is 11.9 Å². The van der Waals surface area contributed by atoms with Crippen molar-refractivity contribution in [3.05, 3.63) is 48.3 Å². The third-order valence-corrected chi connectivity index (χ3v) is 3.77. The lowest BCUT2D eigenvalue weighted by Crippen LogP contribution is -2.30. The van der Waals surface area contributed by atoms with E-state index < -0.39 is 17.5 Å². The SMILES string of the molecule is CC(C)(O)CNc1nc(Nc2ccnc(C(F)(F)F)c2)nc(-c2ccccc2O)n1. The van der Waals surface area contributed by atoms with Gasteiger partial charge in [-0.3, -0.25) is 4.98 Å². The molecule has 2 heterocycles. The topological polar surface area (TPSA) is 116 Å². The molecule has 158 valence electrons. The average Bonchev–Trinajstić information content (AvgIpc) is 2.66. The predicted molar refractivity (Wildman–Crippen MR) is 104 cm³/mol. The molecule has 0 unspecified atom stereocenters.